The number of carbonyl (C=O) groups is 1. The summed E-state index contributed by atoms with van der Waals surface area (Å²) in [6.07, 6.45) is 2.87. The molecule has 2 heterocycles. The standard InChI is InChI=1S/C20H23N3OS/c1-13(2)10-11-21-20(24)16(12-15-9-8-14(3)25-15)19-22-17-6-4-5-7-18(17)23-19/h4-9,12-13H,10-11H2,1-3H3,(H,21,24)(H,22,23)/b16-12+. The summed E-state index contributed by atoms with van der Waals surface area (Å²) in [4.78, 5) is 22.9. The van der Waals surface area contributed by atoms with Crippen LogP contribution in [0.3, 0.4) is 0 Å². The molecule has 0 spiro atoms. The number of nitrogens with zero attached hydrogens (tertiary/aromatic N) is 1. The first kappa shape index (κ1) is 17.4. The number of carbonyl (C=O) groups excluding carboxylic acids is 1. The lowest BCUT2D eigenvalue weighted by molar-refractivity contribution is -0.115. The summed E-state index contributed by atoms with van der Waals surface area (Å²) < 4.78 is 0. The summed E-state index contributed by atoms with van der Waals surface area (Å²) >= 11 is 1.67. The Kier molecular flexibility index (Phi) is 5.34. The zero-order chi connectivity index (χ0) is 17.8. The number of amides is 1. The largest absolute Gasteiger partial charge is 0.352 e. The van der Waals surface area contributed by atoms with Crippen LogP contribution >= 0.6 is 11.3 Å². The second-order valence-corrected chi connectivity index (χ2v) is 7.87. The third-order valence-corrected chi connectivity index (χ3v) is 4.89. The van der Waals surface area contributed by atoms with Crippen LogP contribution in [0.5, 0.6) is 0 Å². The molecular weight excluding hydrogens is 330 g/mol. The molecule has 130 valence electrons. The molecule has 2 aromatic heterocycles. The molecule has 0 fully saturated rings. The van der Waals surface area contributed by atoms with Crippen LogP contribution < -0.4 is 5.32 Å². The van der Waals surface area contributed by atoms with Gasteiger partial charge in [-0.1, -0.05) is 26.0 Å². The molecule has 0 aliphatic carbocycles. The average Bonchev–Trinajstić information content (AvgIpc) is 3.17. The second-order valence-electron chi connectivity index (χ2n) is 6.55. The van der Waals surface area contributed by atoms with Gasteiger partial charge in [0.2, 0.25) is 0 Å². The van der Waals surface area contributed by atoms with Crippen molar-refractivity contribution >= 4 is 39.9 Å². The van der Waals surface area contributed by atoms with Crippen molar-refractivity contribution in [3.05, 3.63) is 52.0 Å². The number of aromatic nitrogens is 2. The van der Waals surface area contributed by atoms with E-state index in [-0.39, 0.29) is 5.91 Å². The van der Waals surface area contributed by atoms with Crippen molar-refractivity contribution in [3.8, 4) is 0 Å². The number of thiophene rings is 1. The highest BCUT2D eigenvalue weighted by molar-refractivity contribution is 7.12. The normalized spacial score (nSPS) is 12.1. The maximum Gasteiger partial charge on any atom is 0.255 e. The molecule has 0 saturated carbocycles. The Balaban J connectivity index is 1.93. The Bertz CT molecular complexity index is 871. The van der Waals surface area contributed by atoms with E-state index in [1.165, 1.54) is 4.88 Å². The maximum atomic E-state index is 12.8. The third-order valence-electron chi connectivity index (χ3n) is 3.94. The number of H-pyrrole nitrogens is 1. The summed E-state index contributed by atoms with van der Waals surface area (Å²) in [7, 11) is 0. The van der Waals surface area contributed by atoms with Gasteiger partial charge >= 0.3 is 0 Å². The highest BCUT2D eigenvalue weighted by Gasteiger charge is 2.16. The van der Waals surface area contributed by atoms with Gasteiger partial charge in [0.05, 0.1) is 16.6 Å². The number of hydrogen-bond donors (Lipinski definition) is 2. The number of para-hydroxylation sites is 2. The van der Waals surface area contributed by atoms with E-state index in [0.717, 1.165) is 22.3 Å². The zero-order valence-electron chi connectivity index (χ0n) is 14.8. The first-order valence-corrected chi connectivity index (χ1v) is 9.36. The van der Waals surface area contributed by atoms with Crippen molar-refractivity contribution in [3.63, 3.8) is 0 Å². The molecule has 1 amide bonds. The Morgan fingerprint density at radius 2 is 2.08 bits per heavy atom. The molecule has 0 aliphatic rings. The predicted octanol–water partition coefficient (Wildman–Crippen LogP) is 4.64. The minimum atomic E-state index is -0.0919. The number of rotatable bonds is 6. The molecule has 0 saturated heterocycles. The number of fused-ring (bicyclic) bond motifs is 1. The molecule has 3 aromatic rings. The molecule has 0 bridgehead atoms. The zero-order valence-corrected chi connectivity index (χ0v) is 15.6. The minimum Gasteiger partial charge on any atom is -0.352 e. The fraction of sp³-hybridized carbons (Fsp3) is 0.300. The van der Waals surface area contributed by atoms with Crippen molar-refractivity contribution in [2.45, 2.75) is 27.2 Å². The Morgan fingerprint density at radius 3 is 2.76 bits per heavy atom. The molecule has 0 aliphatic heterocycles. The fourth-order valence-electron chi connectivity index (χ4n) is 2.56. The number of hydrogen-bond acceptors (Lipinski definition) is 3. The van der Waals surface area contributed by atoms with Gasteiger partial charge in [-0.05, 0) is 49.6 Å². The van der Waals surface area contributed by atoms with E-state index in [1.54, 1.807) is 11.3 Å². The van der Waals surface area contributed by atoms with Gasteiger partial charge in [-0.3, -0.25) is 4.79 Å². The third kappa shape index (κ3) is 4.37. The molecular formula is C20H23N3OS. The molecule has 4 nitrogen and oxygen atoms in total. The topological polar surface area (TPSA) is 57.8 Å². The number of benzene rings is 1. The van der Waals surface area contributed by atoms with Crippen LogP contribution in [0, 0.1) is 12.8 Å². The quantitative estimate of drug-likeness (QED) is 0.635. The molecule has 0 unspecified atom stereocenters. The van der Waals surface area contributed by atoms with Gasteiger partial charge in [-0.25, -0.2) is 4.98 Å². The van der Waals surface area contributed by atoms with Gasteiger partial charge in [-0.15, -0.1) is 11.3 Å². The van der Waals surface area contributed by atoms with Gasteiger partial charge in [0.1, 0.15) is 5.82 Å². The van der Waals surface area contributed by atoms with Gasteiger partial charge in [0.15, 0.2) is 0 Å². The van der Waals surface area contributed by atoms with Gasteiger partial charge in [0, 0.05) is 16.3 Å². The summed E-state index contributed by atoms with van der Waals surface area (Å²) in [5.74, 6) is 1.07. The lowest BCUT2D eigenvalue weighted by atomic mass is 10.1. The smallest absolute Gasteiger partial charge is 0.255 e. The second kappa shape index (κ2) is 7.66. The molecule has 1 aromatic carbocycles. The van der Waals surface area contributed by atoms with Crippen LogP contribution in [-0.2, 0) is 4.79 Å². The molecule has 2 N–H and O–H groups in total. The first-order chi connectivity index (χ1) is 12.0. The van der Waals surface area contributed by atoms with E-state index in [0.29, 0.717) is 23.9 Å². The Labute approximate surface area is 152 Å². The number of aryl methyl sites for hydroxylation is 1. The minimum absolute atomic E-state index is 0.0919. The highest BCUT2D eigenvalue weighted by Crippen LogP contribution is 2.23. The van der Waals surface area contributed by atoms with Crippen LogP contribution in [0.2, 0.25) is 0 Å². The first-order valence-electron chi connectivity index (χ1n) is 8.54. The highest BCUT2D eigenvalue weighted by atomic mass is 32.1. The van der Waals surface area contributed by atoms with E-state index < -0.39 is 0 Å². The number of nitrogens with one attached hydrogen (secondary N) is 2. The van der Waals surface area contributed by atoms with Crippen LogP contribution in [-0.4, -0.2) is 22.4 Å². The summed E-state index contributed by atoms with van der Waals surface area (Å²) in [5.41, 5.74) is 2.36. The van der Waals surface area contributed by atoms with Crippen LogP contribution in [0.25, 0.3) is 22.7 Å². The number of aromatic amines is 1. The Morgan fingerprint density at radius 1 is 1.28 bits per heavy atom. The average molecular weight is 353 g/mol. The molecule has 3 rings (SSSR count). The maximum absolute atomic E-state index is 12.8. The van der Waals surface area contributed by atoms with Gasteiger partial charge < -0.3 is 10.3 Å². The number of imidazole rings is 1. The van der Waals surface area contributed by atoms with E-state index in [9.17, 15) is 4.79 Å². The molecule has 0 radical (unpaired) electrons. The van der Waals surface area contributed by atoms with Crippen LogP contribution in [0.15, 0.2) is 36.4 Å². The monoisotopic (exact) mass is 353 g/mol. The van der Waals surface area contributed by atoms with Crippen molar-refractivity contribution in [2.24, 2.45) is 5.92 Å². The lowest BCUT2D eigenvalue weighted by Crippen LogP contribution is -2.26. The van der Waals surface area contributed by atoms with E-state index >= 15 is 0 Å². The van der Waals surface area contributed by atoms with E-state index in [1.807, 2.05) is 36.4 Å². The van der Waals surface area contributed by atoms with Crippen molar-refractivity contribution < 1.29 is 4.79 Å². The van der Waals surface area contributed by atoms with Crippen molar-refractivity contribution in [1.82, 2.24) is 15.3 Å². The lowest BCUT2D eigenvalue weighted by Gasteiger charge is -2.08. The SMILES string of the molecule is Cc1ccc(/C=C(/C(=O)NCCC(C)C)c2nc3ccccc3[nH]2)s1. The van der Waals surface area contributed by atoms with Crippen LogP contribution in [0.1, 0.15) is 35.8 Å². The summed E-state index contributed by atoms with van der Waals surface area (Å²) in [5, 5.41) is 3.02. The van der Waals surface area contributed by atoms with Crippen LogP contribution in [0.4, 0.5) is 0 Å². The van der Waals surface area contributed by atoms with Crippen molar-refractivity contribution in [2.75, 3.05) is 6.54 Å². The van der Waals surface area contributed by atoms with E-state index in [4.69, 9.17) is 0 Å². The van der Waals surface area contributed by atoms with Gasteiger partial charge in [0.25, 0.3) is 5.91 Å². The molecule has 5 heteroatoms. The fourth-order valence-corrected chi connectivity index (χ4v) is 3.39. The summed E-state index contributed by atoms with van der Waals surface area (Å²) in [6.45, 7) is 7.02. The summed E-state index contributed by atoms with van der Waals surface area (Å²) in [6, 6.07) is 11.9. The van der Waals surface area contributed by atoms with Crippen molar-refractivity contribution in [1.29, 1.82) is 0 Å². The predicted molar refractivity (Wildman–Crippen MR) is 105 cm³/mol. The molecule has 0 atom stereocenters. The Hall–Kier alpha value is -2.40. The van der Waals surface area contributed by atoms with E-state index in [2.05, 4.69) is 42.1 Å². The van der Waals surface area contributed by atoms with Gasteiger partial charge in [-0.2, -0.15) is 0 Å². The molecule has 25 heavy (non-hydrogen) atoms.